The average molecular weight is 242 g/mol. The van der Waals surface area contributed by atoms with Crippen LogP contribution in [0.15, 0.2) is 34.3 Å². The monoisotopic (exact) mass is 241 g/mol. The molecule has 15 heavy (non-hydrogen) atoms. The lowest BCUT2D eigenvalue weighted by molar-refractivity contribution is 0.431. The third-order valence-corrected chi connectivity index (χ3v) is 3.46. The van der Waals surface area contributed by atoms with Crippen molar-refractivity contribution >= 4 is 22.9 Å². The molecule has 0 radical (unpaired) electrons. The smallest absolute Gasteiger partial charge is 0.120 e. The highest BCUT2D eigenvalue weighted by atomic mass is 35.5. The maximum atomic E-state index is 5.84. The van der Waals surface area contributed by atoms with Crippen LogP contribution in [0.2, 0.25) is 5.02 Å². The van der Waals surface area contributed by atoms with Crippen LogP contribution in [-0.2, 0) is 6.54 Å². The third-order valence-electron chi connectivity index (χ3n) is 2.17. The lowest BCUT2D eigenvalue weighted by Crippen LogP contribution is -2.16. The summed E-state index contributed by atoms with van der Waals surface area (Å²) in [5, 5.41) is 6.12. The Morgan fingerprint density at radius 1 is 1.60 bits per heavy atom. The van der Waals surface area contributed by atoms with E-state index in [1.807, 2.05) is 23.6 Å². The lowest BCUT2D eigenvalue weighted by atomic mass is 10.2. The molecule has 0 aliphatic rings. The summed E-state index contributed by atoms with van der Waals surface area (Å²) in [6.45, 7) is 2.90. The molecule has 1 atom stereocenters. The van der Waals surface area contributed by atoms with E-state index in [9.17, 15) is 0 Å². The van der Waals surface area contributed by atoms with Crippen molar-refractivity contribution in [1.82, 2.24) is 5.32 Å². The Balaban J connectivity index is 1.88. The summed E-state index contributed by atoms with van der Waals surface area (Å²) in [5.41, 5.74) is 0. The minimum Gasteiger partial charge on any atom is -0.468 e. The first-order valence-electron chi connectivity index (χ1n) is 4.75. The Kier molecular flexibility index (Phi) is 3.46. The van der Waals surface area contributed by atoms with Gasteiger partial charge in [0.05, 0.1) is 17.3 Å². The second kappa shape index (κ2) is 4.84. The van der Waals surface area contributed by atoms with Crippen molar-refractivity contribution in [2.24, 2.45) is 0 Å². The quantitative estimate of drug-likeness (QED) is 0.880. The van der Waals surface area contributed by atoms with Crippen molar-refractivity contribution in [2.75, 3.05) is 0 Å². The van der Waals surface area contributed by atoms with Crippen LogP contribution in [0.1, 0.15) is 23.6 Å². The zero-order valence-corrected chi connectivity index (χ0v) is 9.94. The van der Waals surface area contributed by atoms with Crippen LogP contribution in [0.25, 0.3) is 0 Å². The molecule has 1 unspecified atom stereocenters. The van der Waals surface area contributed by atoms with Crippen LogP contribution in [-0.4, -0.2) is 0 Å². The van der Waals surface area contributed by atoms with Crippen LogP contribution in [0.4, 0.5) is 0 Å². The second-order valence-corrected chi connectivity index (χ2v) is 4.78. The highest BCUT2D eigenvalue weighted by Crippen LogP contribution is 2.20. The molecule has 0 spiro atoms. The van der Waals surface area contributed by atoms with Gasteiger partial charge in [0.15, 0.2) is 0 Å². The molecule has 2 heterocycles. The number of halogens is 1. The molecular weight excluding hydrogens is 230 g/mol. The predicted octanol–water partition coefficient (Wildman–Crippen LogP) is 3.85. The Morgan fingerprint density at radius 3 is 3.07 bits per heavy atom. The number of nitrogens with one attached hydrogen (secondary N) is 1. The van der Waals surface area contributed by atoms with Crippen molar-refractivity contribution in [3.63, 3.8) is 0 Å². The first-order chi connectivity index (χ1) is 7.25. The Hall–Kier alpha value is -0.770. The van der Waals surface area contributed by atoms with Crippen LogP contribution in [0.3, 0.4) is 0 Å². The van der Waals surface area contributed by atoms with Gasteiger partial charge in [-0.3, -0.25) is 0 Å². The molecule has 0 aromatic carbocycles. The van der Waals surface area contributed by atoms with Gasteiger partial charge >= 0.3 is 0 Å². The number of thiophene rings is 1. The van der Waals surface area contributed by atoms with Crippen LogP contribution < -0.4 is 5.32 Å². The molecule has 0 aliphatic carbocycles. The van der Waals surface area contributed by atoms with E-state index in [1.165, 1.54) is 4.88 Å². The maximum Gasteiger partial charge on any atom is 0.120 e. The van der Waals surface area contributed by atoms with E-state index in [0.29, 0.717) is 0 Å². The Morgan fingerprint density at radius 2 is 2.47 bits per heavy atom. The van der Waals surface area contributed by atoms with Crippen LogP contribution in [0, 0.1) is 0 Å². The van der Waals surface area contributed by atoms with Gasteiger partial charge in [0.25, 0.3) is 0 Å². The summed E-state index contributed by atoms with van der Waals surface area (Å²) in [6, 6.07) is 6.07. The Labute approximate surface area is 97.9 Å². The van der Waals surface area contributed by atoms with E-state index >= 15 is 0 Å². The van der Waals surface area contributed by atoms with Crippen LogP contribution in [0.5, 0.6) is 0 Å². The maximum absolute atomic E-state index is 5.84. The van der Waals surface area contributed by atoms with Crippen molar-refractivity contribution in [3.8, 4) is 0 Å². The largest absolute Gasteiger partial charge is 0.468 e. The fourth-order valence-corrected chi connectivity index (χ4v) is 2.36. The van der Waals surface area contributed by atoms with Crippen molar-refractivity contribution in [2.45, 2.75) is 19.5 Å². The highest BCUT2D eigenvalue weighted by Gasteiger charge is 2.07. The van der Waals surface area contributed by atoms with Gasteiger partial charge < -0.3 is 9.73 Å². The summed E-state index contributed by atoms with van der Waals surface area (Å²) < 4.78 is 5.30. The van der Waals surface area contributed by atoms with Crippen LogP contribution >= 0.6 is 22.9 Å². The molecule has 0 bridgehead atoms. The van der Waals surface area contributed by atoms with E-state index in [-0.39, 0.29) is 6.04 Å². The first kappa shape index (κ1) is 10.7. The van der Waals surface area contributed by atoms with Crippen molar-refractivity contribution in [1.29, 1.82) is 0 Å². The molecule has 0 saturated heterocycles. The normalized spacial score (nSPS) is 12.9. The fraction of sp³-hybridized carbons (Fsp3) is 0.273. The van der Waals surface area contributed by atoms with Gasteiger partial charge in [0.1, 0.15) is 5.76 Å². The summed E-state index contributed by atoms with van der Waals surface area (Å²) >= 11 is 7.50. The average Bonchev–Trinajstić information content (AvgIpc) is 2.84. The molecule has 0 fully saturated rings. The molecule has 0 amide bonds. The van der Waals surface area contributed by atoms with Crippen molar-refractivity contribution in [3.05, 3.63) is 45.5 Å². The van der Waals surface area contributed by atoms with E-state index in [1.54, 1.807) is 17.6 Å². The molecule has 1 N–H and O–H groups in total. The highest BCUT2D eigenvalue weighted by molar-refractivity contribution is 7.10. The number of hydrogen-bond acceptors (Lipinski definition) is 3. The molecule has 4 heteroatoms. The SMILES string of the molecule is CC(NCc1cc(Cl)cs1)c1ccco1. The topological polar surface area (TPSA) is 25.2 Å². The second-order valence-electron chi connectivity index (χ2n) is 3.35. The zero-order chi connectivity index (χ0) is 10.7. The van der Waals surface area contributed by atoms with Gasteiger partial charge in [0, 0.05) is 16.8 Å². The first-order valence-corrected chi connectivity index (χ1v) is 6.01. The summed E-state index contributed by atoms with van der Waals surface area (Å²) in [4.78, 5) is 1.23. The summed E-state index contributed by atoms with van der Waals surface area (Å²) in [7, 11) is 0. The van der Waals surface area contributed by atoms with Gasteiger partial charge in [-0.2, -0.15) is 0 Å². The van der Waals surface area contributed by atoms with Gasteiger partial charge in [0.2, 0.25) is 0 Å². The minimum absolute atomic E-state index is 0.223. The molecule has 2 aromatic rings. The summed E-state index contributed by atoms with van der Waals surface area (Å²) in [6.07, 6.45) is 1.69. The molecule has 2 rings (SSSR count). The molecule has 2 aromatic heterocycles. The van der Waals surface area contributed by atoms with E-state index in [2.05, 4.69) is 12.2 Å². The predicted molar refractivity (Wildman–Crippen MR) is 63.3 cm³/mol. The fourth-order valence-electron chi connectivity index (χ4n) is 1.34. The van der Waals surface area contributed by atoms with Gasteiger partial charge in [-0.05, 0) is 25.1 Å². The van der Waals surface area contributed by atoms with Gasteiger partial charge in [-0.1, -0.05) is 11.6 Å². The molecular formula is C11H12ClNOS. The molecule has 2 nitrogen and oxygen atoms in total. The molecule has 0 saturated carbocycles. The van der Waals surface area contributed by atoms with E-state index in [4.69, 9.17) is 16.0 Å². The molecule has 80 valence electrons. The van der Waals surface area contributed by atoms with E-state index < -0.39 is 0 Å². The number of hydrogen-bond donors (Lipinski definition) is 1. The molecule has 0 aliphatic heterocycles. The van der Waals surface area contributed by atoms with E-state index in [0.717, 1.165) is 17.3 Å². The lowest BCUT2D eigenvalue weighted by Gasteiger charge is -2.09. The van der Waals surface area contributed by atoms with Crippen molar-refractivity contribution < 1.29 is 4.42 Å². The van der Waals surface area contributed by atoms with Gasteiger partial charge in [-0.15, -0.1) is 11.3 Å². The van der Waals surface area contributed by atoms with Gasteiger partial charge in [-0.25, -0.2) is 0 Å². The zero-order valence-electron chi connectivity index (χ0n) is 8.37. The third kappa shape index (κ3) is 2.84. The number of furan rings is 1. The Bertz CT molecular complexity index is 410. The summed E-state index contributed by atoms with van der Waals surface area (Å²) in [5.74, 6) is 0.956. The standard InChI is InChI=1S/C11H12ClNOS/c1-8(11-3-2-4-14-11)13-6-10-5-9(12)7-15-10/h2-5,7-8,13H,6H2,1H3. The minimum atomic E-state index is 0.223. The number of rotatable bonds is 4.